The molecule has 1 aliphatic rings. The minimum atomic E-state index is 1.07. The summed E-state index contributed by atoms with van der Waals surface area (Å²) in [6, 6.07) is 19.8. The standard InChI is InChI=1S/C21H14IN/c22-18-5-2-6-19-21(18)17(11-12-23-19)15-10-9-14-8-7-13-3-1-4-16(15)20(13)14/h1-6,9-12H,7-8H2. The third-order valence-electron chi connectivity index (χ3n) is 4.88. The minimum Gasteiger partial charge on any atom is -0.256 e. The van der Waals surface area contributed by atoms with Gasteiger partial charge in [-0.15, -0.1) is 0 Å². The molecule has 4 aromatic rings. The Bertz CT molecular complexity index is 1070. The molecule has 1 nitrogen and oxygen atoms in total. The molecule has 2 heteroatoms. The van der Waals surface area contributed by atoms with Crippen molar-refractivity contribution in [3.63, 3.8) is 0 Å². The zero-order valence-electron chi connectivity index (χ0n) is 12.5. The molecule has 110 valence electrons. The Kier molecular flexibility index (Phi) is 2.95. The molecule has 0 unspecified atom stereocenters. The van der Waals surface area contributed by atoms with E-state index in [2.05, 4.69) is 82.2 Å². The van der Waals surface area contributed by atoms with Crippen LogP contribution in [0.1, 0.15) is 11.1 Å². The Morgan fingerprint density at radius 3 is 2.48 bits per heavy atom. The van der Waals surface area contributed by atoms with Gasteiger partial charge in [0.25, 0.3) is 0 Å². The highest BCUT2D eigenvalue weighted by molar-refractivity contribution is 14.1. The maximum absolute atomic E-state index is 4.55. The van der Waals surface area contributed by atoms with Crippen molar-refractivity contribution in [2.75, 3.05) is 0 Å². The Morgan fingerprint density at radius 1 is 0.739 bits per heavy atom. The number of nitrogens with zero attached hydrogens (tertiary/aromatic N) is 1. The number of pyridine rings is 1. The molecule has 0 radical (unpaired) electrons. The highest BCUT2D eigenvalue weighted by Crippen LogP contribution is 2.39. The highest BCUT2D eigenvalue weighted by atomic mass is 127. The van der Waals surface area contributed by atoms with E-state index in [9.17, 15) is 0 Å². The van der Waals surface area contributed by atoms with Crippen LogP contribution in [0.5, 0.6) is 0 Å². The maximum Gasteiger partial charge on any atom is 0.0718 e. The van der Waals surface area contributed by atoms with Crippen LogP contribution in [0.15, 0.2) is 60.8 Å². The van der Waals surface area contributed by atoms with E-state index in [1.807, 2.05) is 6.20 Å². The third-order valence-corrected chi connectivity index (χ3v) is 5.78. The summed E-state index contributed by atoms with van der Waals surface area (Å²) in [7, 11) is 0. The number of fused-ring (bicyclic) bond motifs is 1. The van der Waals surface area contributed by atoms with E-state index in [4.69, 9.17) is 0 Å². The van der Waals surface area contributed by atoms with Gasteiger partial charge in [0, 0.05) is 15.2 Å². The number of halogens is 1. The summed E-state index contributed by atoms with van der Waals surface area (Å²) in [6.07, 6.45) is 4.27. The molecule has 3 aromatic carbocycles. The highest BCUT2D eigenvalue weighted by Gasteiger charge is 2.17. The van der Waals surface area contributed by atoms with Crippen LogP contribution in [-0.2, 0) is 12.8 Å². The fourth-order valence-corrected chi connectivity index (χ4v) is 4.64. The first-order valence-corrected chi connectivity index (χ1v) is 8.98. The molecule has 23 heavy (non-hydrogen) atoms. The van der Waals surface area contributed by atoms with Gasteiger partial charge in [0.2, 0.25) is 0 Å². The second-order valence-electron chi connectivity index (χ2n) is 6.10. The second kappa shape index (κ2) is 5.03. The average molecular weight is 407 g/mol. The van der Waals surface area contributed by atoms with Crippen molar-refractivity contribution in [1.82, 2.24) is 4.98 Å². The number of benzene rings is 3. The van der Waals surface area contributed by atoms with E-state index >= 15 is 0 Å². The molecule has 0 saturated heterocycles. The lowest BCUT2D eigenvalue weighted by molar-refractivity contribution is 1.02. The van der Waals surface area contributed by atoms with Crippen molar-refractivity contribution < 1.29 is 0 Å². The van der Waals surface area contributed by atoms with Gasteiger partial charge in [-0.3, -0.25) is 4.98 Å². The Morgan fingerprint density at radius 2 is 1.57 bits per heavy atom. The lowest BCUT2D eigenvalue weighted by Gasteiger charge is -2.12. The molecule has 0 atom stereocenters. The van der Waals surface area contributed by atoms with E-state index in [1.165, 1.54) is 54.8 Å². The molecular weight excluding hydrogens is 393 g/mol. The van der Waals surface area contributed by atoms with E-state index in [1.54, 1.807) is 0 Å². The number of hydrogen-bond acceptors (Lipinski definition) is 1. The van der Waals surface area contributed by atoms with Crippen LogP contribution in [0.2, 0.25) is 0 Å². The normalized spacial score (nSPS) is 13.1. The minimum absolute atomic E-state index is 1.07. The number of aryl methyl sites for hydroxylation is 2. The molecule has 0 N–H and O–H groups in total. The quantitative estimate of drug-likeness (QED) is 0.366. The first-order chi connectivity index (χ1) is 11.3. The summed E-state index contributed by atoms with van der Waals surface area (Å²) in [5, 5.41) is 4.11. The van der Waals surface area contributed by atoms with Gasteiger partial charge in [0.05, 0.1) is 5.52 Å². The summed E-state index contributed by atoms with van der Waals surface area (Å²) >= 11 is 2.42. The van der Waals surface area contributed by atoms with Gasteiger partial charge in [-0.2, -0.15) is 0 Å². The van der Waals surface area contributed by atoms with E-state index in [0.29, 0.717) is 0 Å². The predicted molar refractivity (Wildman–Crippen MR) is 105 cm³/mol. The molecule has 1 aromatic heterocycles. The summed E-state index contributed by atoms with van der Waals surface area (Å²) in [5.41, 5.74) is 6.66. The molecule has 0 spiro atoms. The smallest absolute Gasteiger partial charge is 0.0718 e. The van der Waals surface area contributed by atoms with Crippen molar-refractivity contribution >= 4 is 44.3 Å². The largest absolute Gasteiger partial charge is 0.256 e. The van der Waals surface area contributed by atoms with E-state index < -0.39 is 0 Å². The average Bonchev–Trinajstić information content (AvgIpc) is 3.00. The Hall–Kier alpha value is -1.94. The summed E-state index contributed by atoms with van der Waals surface area (Å²) in [5.74, 6) is 0. The monoisotopic (exact) mass is 407 g/mol. The van der Waals surface area contributed by atoms with Crippen molar-refractivity contribution in [2.45, 2.75) is 12.8 Å². The van der Waals surface area contributed by atoms with Crippen molar-refractivity contribution in [2.24, 2.45) is 0 Å². The molecule has 0 bridgehead atoms. The van der Waals surface area contributed by atoms with Crippen molar-refractivity contribution in [1.29, 1.82) is 0 Å². The van der Waals surface area contributed by atoms with Gasteiger partial charge < -0.3 is 0 Å². The molecule has 0 fully saturated rings. The fourth-order valence-electron chi connectivity index (χ4n) is 3.87. The zero-order valence-corrected chi connectivity index (χ0v) is 14.7. The topological polar surface area (TPSA) is 12.9 Å². The number of hydrogen-bond donors (Lipinski definition) is 0. The van der Waals surface area contributed by atoms with E-state index in [0.717, 1.165) is 5.52 Å². The number of aromatic nitrogens is 1. The number of rotatable bonds is 1. The van der Waals surface area contributed by atoms with E-state index in [-0.39, 0.29) is 0 Å². The van der Waals surface area contributed by atoms with Gasteiger partial charge in [-0.25, -0.2) is 0 Å². The zero-order chi connectivity index (χ0) is 15.4. The molecular formula is C21H14IN. The van der Waals surface area contributed by atoms with Gasteiger partial charge in [0.15, 0.2) is 0 Å². The molecule has 1 heterocycles. The first kappa shape index (κ1) is 13.5. The molecule has 1 aliphatic carbocycles. The van der Waals surface area contributed by atoms with Crippen LogP contribution in [-0.4, -0.2) is 4.98 Å². The van der Waals surface area contributed by atoms with Crippen LogP contribution in [0, 0.1) is 3.57 Å². The predicted octanol–water partition coefficient (Wildman–Crippen LogP) is 5.76. The maximum atomic E-state index is 4.55. The molecule has 5 rings (SSSR count). The van der Waals surface area contributed by atoms with Crippen molar-refractivity contribution in [3.05, 3.63) is 75.5 Å². The van der Waals surface area contributed by atoms with Crippen LogP contribution in [0.4, 0.5) is 0 Å². The van der Waals surface area contributed by atoms with Crippen LogP contribution in [0.25, 0.3) is 32.8 Å². The van der Waals surface area contributed by atoms with Gasteiger partial charge >= 0.3 is 0 Å². The lowest BCUT2D eigenvalue weighted by atomic mass is 9.93. The van der Waals surface area contributed by atoms with Crippen LogP contribution in [0.3, 0.4) is 0 Å². The fraction of sp³-hybridized carbons (Fsp3) is 0.0952. The Balaban J connectivity index is 1.93. The van der Waals surface area contributed by atoms with Crippen LogP contribution >= 0.6 is 22.6 Å². The summed E-state index contributed by atoms with van der Waals surface area (Å²) in [4.78, 5) is 4.55. The van der Waals surface area contributed by atoms with Crippen LogP contribution < -0.4 is 0 Å². The first-order valence-electron chi connectivity index (χ1n) is 7.90. The SMILES string of the molecule is Ic1cccc2nccc(-c3ccc4c5c(cccc35)CC4)c12. The lowest BCUT2D eigenvalue weighted by Crippen LogP contribution is -1.89. The van der Waals surface area contributed by atoms with Gasteiger partial charge in [-0.05, 0) is 86.7 Å². The van der Waals surface area contributed by atoms with Gasteiger partial charge in [-0.1, -0.05) is 36.4 Å². The molecule has 0 saturated carbocycles. The Labute approximate surface area is 148 Å². The van der Waals surface area contributed by atoms with Crippen molar-refractivity contribution in [3.8, 4) is 11.1 Å². The molecule has 0 aliphatic heterocycles. The third kappa shape index (κ3) is 1.94. The second-order valence-corrected chi connectivity index (χ2v) is 7.27. The summed E-state index contributed by atoms with van der Waals surface area (Å²) < 4.78 is 1.26. The molecule has 0 amide bonds. The van der Waals surface area contributed by atoms with Gasteiger partial charge in [0.1, 0.15) is 0 Å². The summed E-state index contributed by atoms with van der Waals surface area (Å²) in [6.45, 7) is 0.